The monoisotopic (exact) mass is 254 g/mol. The van der Waals surface area contributed by atoms with Gasteiger partial charge in [0.2, 0.25) is 5.88 Å². The summed E-state index contributed by atoms with van der Waals surface area (Å²) in [5, 5.41) is 0.321. The van der Waals surface area contributed by atoms with E-state index in [1.54, 1.807) is 25.5 Å². The molecule has 0 aromatic carbocycles. The van der Waals surface area contributed by atoms with Crippen LogP contribution in [-0.4, -0.2) is 17.1 Å². The van der Waals surface area contributed by atoms with Gasteiger partial charge in [0.15, 0.2) is 5.82 Å². The van der Waals surface area contributed by atoms with Crippen LogP contribution in [0.4, 0.5) is 0 Å². The fourth-order valence-corrected chi connectivity index (χ4v) is 1.44. The van der Waals surface area contributed by atoms with Gasteiger partial charge >= 0.3 is 0 Å². The summed E-state index contributed by atoms with van der Waals surface area (Å²) in [6, 6.07) is 5.16. The van der Waals surface area contributed by atoms with Gasteiger partial charge < -0.3 is 13.9 Å². The van der Waals surface area contributed by atoms with Crippen molar-refractivity contribution in [3.05, 3.63) is 41.2 Å². The molecule has 0 saturated heterocycles. The molecular weight excluding hydrogens is 244 g/mol. The van der Waals surface area contributed by atoms with E-state index in [4.69, 9.17) is 25.5 Å². The third-order valence-electron chi connectivity index (χ3n) is 1.93. The highest BCUT2D eigenvalue weighted by Crippen LogP contribution is 2.15. The predicted molar refractivity (Wildman–Crippen MR) is 60.8 cm³/mol. The van der Waals surface area contributed by atoms with Gasteiger partial charge in [0, 0.05) is 13.2 Å². The molecule has 90 valence electrons. The smallest absolute Gasteiger partial charge is 0.218 e. The number of methoxy groups -OCH3 is 1. The molecule has 0 aliphatic rings. The van der Waals surface area contributed by atoms with Crippen molar-refractivity contribution in [3.8, 4) is 5.88 Å². The zero-order valence-corrected chi connectivity index (χ0v) is 9.98. The molecule has 0 aliphatic heterocycles. The Hall–Kier alpha value is -1.59. The minimum Gasteiger partial charge on any atom is -0.469 e. The maximum Gasteiger partial charge on any atom is 0.218 e. The molecular formula is C11H11ClN2O3. The van der Waals surface area contributed by atoms with Crippen molar-refractivity contribution < 1.29 is 13.9 Å². The van der Waals surface area contributed by atoms with Crippen LogP contribution in [0.25, 0.3) is 0 Å². The van der Waals surface area contributed by atoms with E-state index in [0.717, 1.165) is 0 Å². The first-order chi connectivity index (χ1) is 8.28. The lowest BCUT2D eigenvalue weighted by molar-refractivity contribution is 0.175. The molecule has 0 aliphatic carbocycles. The number of ether oxygens (including phenoxy) is 2. The summed E-state index contributed by atoms with van der Waals surface area (Å²) in [5.74, 6) is 1.59. The molecule has 0 saturated carbocycles. The first-order valence-corrected chi connectivity index (χ1v) is 5.33. The molecule has 0 atom stereocenters. The Bertz CT molecular complexity index is 474. The first-order valence-electron chi connectivity index (χ1n) is 4.95. The highest BCUT2D eigenvalue weighted by Gasteiger charge is 2.05. The molecule has 6 heteroatoms. The van der Waals surface area contributed by atoms with Crippen molar-refractivity contribution in [2.75, 3.05) is 7.11 Å². The molecule has 17 heavy (non-hydrogen) atoms. The SMILES string of the molecule is COCc1nc(Cl)cc(OCc2ccco2)n1. The molecule has 2 aromatic heterocycles. The average Bonchev–Trinajstić information content (AvgIpc) is 2.79. The number of aromatic nitrogens is 2. The molecule has 0 unspecified atom stereocenters. The number of furan rings is 1. The maximum atomic E-state index is 5.84. The Morgan fingerprint density at radius 2 is 2.24 bits per heavy atom. The van der Waals surface area contributed by atoms with Crippen LogP contribution in [0.3, 0.4) is 0 Å². The Labute approximate surface area is 103 Å². The summed E-state index contributed by atoms with van der Waals surface area (Å²) >= 11 is 5.84. The van der Waals surface area contributed by atoms with Crippen LogP contribution in [0.1, 0.15) is 11.6 Å². The Kier molecular flexibility index (Phi) is 3.95. The van der Waals surface area contributed by atoms with Crippen molar-refractivity contribution in [3.63, 3.8) is 0 Å². The molecule has 0 spiro atoms. The Morgan fingerprint density at radius 1 is 1.35 bits per heavy atom. The van der Waals surface area contributed by atoms with E-state index in [1.807, 2.05) is 6.07 Å². The lowest BCUT2D eigenvalue weighted by atomic mass is 10.5. The lowest BCUT2D eigenvalue weighted by Crippen LogP contribution is -2.02. The molecule has 0 amide bonds. The Balaban J connectivity index is 2.04. The van der Waals surface area contributed by atoms with Gasteiger partial charge in [0.05, 0.1) is 6.26 Å². The molecule has 0 radical (unpaired) electrons. The van der Waals surface area contributed by atoms with Crippen LogP contribution in [0.2, 0.25) is 5.15 Å². The second-order valence-electron chi connectivity index (χ2n) is 3.25. The van der Waals surface area contributed by atoms with Crippen LogP contribution in [0.5, 0.6) is 5.88 Å². The first kappa shape index (κ1) is 11.9. The van der Waals surface area contributed by atoms with Crippen molar-refractivity contribution in [2.24, 2.45) is 0 Å². The van der Waals surface area contributed by atoms with Crippen molar-refractivity contribution in [1.29, 1.82) is 0 Å². The molecule has 0 bridgehead atoms. The summed E-state index contributed by atoms with van der Waals surface area (Å²) in [7, 11) is 1.56. The molecule has 2 rings (SSSR count). The summed E-state index contributed by atoms with van der Waals surface area (Å²) in [6.07, 6.45) is 1.59. The minimum atomic E-state index is 0.289. The van der Waals surface area contributed by atoms with Gasteiger partial charge in [-0.2, -0.15) is 4.98 Å². The van der Waals surface area contributed by atoms with Gasteiger partial charge in [-0.05, 0) is 12.1 Å². The van der Waals surface area contributed by atoms with Crippen molar-refractivity contribution in [1.82, 2.24) is 9.97 Å². The van der Waals surface area contributed by atoms with Gasteiger partial charge in [-0.3, -0.25) is 0 Å². The van der Waals surface area contributed by atoms with Gasteiger partial charge in [-0.25, -0.2) is 4.98 Å². The zero-order valence-electron chi connectivity index (χ0n) is 9.22. The highest BCUT2D eigenvalue weighted by atomic mass is 35.5. The van der Waals surface area contributed by atoms with E-state index in [0.29, 0.717) is 29.2 Å². The van der Waals surface area contributed by atoms with E-state index in [2.05, 4.69) is 9.97 Å². The summed E-state index contributed by atoms with van der Waals surface area (Å²) in [5.41, 5.74) is 0. The molecule has 0 fully saturated rings. The minimum absolute atomic E-state index is 0.289. The largest absolute Gasteiger partial charge is 0.469 e. The van der Waals surface area contributed by atoms with E-state index >= 15 is 0 Å². The van der Waals surface area contributed by atoms with Gasteiger partial charge in [0.25, 0.3) is 0 Å². The second-order valence-corrected chi connectivity index (χ2v) is 3.63. The third kappa shape index (κ3) is 3.44. The van der Waals surface area contributed by atoms with E-state index in [9.17, 15) is 0 Å². The fraction of sp³-hybridized carbons (Fsp3) is 0.273. The maximum absolute atomic E-state index is 5.84. The third-order valence-corrected chi connectivity index (χ3v) is 2.13. The number of hydrogen-bond donors (Lipinski definition) is 0. The van der Waals surface area contributed by atoms with Gasteiger partial charge in [0.1, 0.15) is 24.1 Å². The summed E-state index contributed by atoms with van der Waals surface area (Å²) < 4.78 is 15.5. The van der Waals surface area contributed by atoms with Crippen LogP contribution in [0.15, 0.2) is 28.9 Å². The van der Waals surface area contributed by atoms with Crippen LogP contribution in [-0.2, 0) is 18.0 Å². The predicted octanol–water partition coefficient (Wildman–Crippen LogP) is 2.45. The van der Waals surface area contributed by atoms with Crippen LogP contribution < -0.4 is 4.74 Å². The van der Waals surface area contributed by atoms with E-state index in [-0.39, 0.29) is 6.61 Å². The van der Waals surface area contributed by atoms with Crippen LogP contribution in [0, 0.1) is 0 Å². The molecule has 2 heterocycles. The number of hydrogen-bond acceptors (Lipinski definition) is 5. The standard InChI is InChI=1S/C11H11ClN2O3/c1-15-7-10-13-9(12)5-11(14-10)17-6-8-3-2-4-16-8/h2-5H,6-7H2,1H3. The quantitative estimate of drug-likeness (QED) is 0.767. The topological polar surface area (TPSA) is 57.4 Å². The average molecular weight is 255 g/mol. The van der Waals surface area contributed by atoms with Gasteiger partial charge in [-0.1, -0.05) is 11.6 Å². The Morgan fingerprint density at radius 3 is 2.94 bits per heavy atom. The van der Waals surface area contributed by atoms with E-state index < -0.39 is 0 Å². The number of rotatable bonds is 5. The molecule has 2 aromatic rings. The normalized spacial score (nSPS) is 10.5. The van der Waals surface area contributed by atoms with Crippen molar-refractivity contribution in [2.45, 2.75) is 13.2 Å². The van der Waals surface area contributed by atoms with Crippen LogP contribution >= 0.6 is 11.6 Å². The van der Waals surface area contributed by atoms with Crippen molar-refractivity contribution >= 4 is 11.6 Å². The summed E-state index contributed by atoms with van der Waals surface area (Å²) in [4.78, 5) is 8.13. The lowest BCUT2D eigenvalue weighted by Gasteiger charge is -2.05. The fourth-order valence-electron chi connectivity index (χ4n) is 1.25. The molecule has 5 nitrogen and oxygen atoms in total. The highest BCUT2D eigenvalue weighted by molar-refractivity contribution is 6.29. The number of nitrogens with zero attached hydrogens (tertiary/aromatic N) is 2. The van der Waals surface area contributed by atoms with E-state index in [1.165, 1.54) is 0 Å². The summed E-state index contributed by atoms with van der Waals surface area (Å²) in [6.45, 7) is 0.588. The number of halogens is 1. The zero-order chi connectivity index (χ0) is 12.1. The van der Waals surface area contributed by atoms with Gasteiger partial charge in [-0.15, -0.1) is 0 Å². The molecule has 0 N–H and O–H groups in total. The second kappa shape index (κ2) is 5.65.